The van der Waals surface area contributed by atoms with Crippen molar-refractivity contribution in [3.05, 3.63) is 42.1 Å². The first-order valence-corrected chi connectivity index (χ1v) is 5.84. The van der Waals surface area contributed by atoms with Crippen molar-refractivity contribution in [2.75, 3.05) is 4.90 Å². The molecule has 2 nitrogen and oxygen atoms in total. The minimum Gasteiger partial charge on any atom is -0.283 e. The number of allylic oxidation sites excluding steroid dienone is 1. The van der Waals surface area contributed by atoms with Crippen molar-refractivity contribution in [2.45, 2.75) is 26.2 Å². The fraction of sp³-hybridized carbons (Fsp3) is 0.357. The predicted molar refractivity (Wildman–Crippen MR) is 64.0 cm³/mol. The monoisotopic (exact) mass is 213 g/mol. The number of β-lactam (4-membered cyclic amide) rings is 1. The fourth-order valence-electron chi connectivity index (χ4n) is 2.74. The van der Waals surface area contributed by atoms with Crippen molar-refractivity contribution in [3.63, 3.8) is 0 Å². The van der Waals surface area contributed by atoms with E-state index in [0.717, 1.165) is 24.9 Å². The van der Waals surface area contributed by atoms with Gasteiger partial charge in [-0.1, -0.05) is 24.3 Å². The average Bonchev–Trinajstić information content (AvgIpc) is 2.33. The maximum atomic E-state index is 12.2. The number of fused-ring (bicyclic) bond motifs is 1. The summed E-state index contributed by atoms with van der Waals surface area (Å²) in [5.74, 6) is 0.254. The van der Waals surface area contributed by atoms with Crippen LogP contribution in [-0.2, 0) is 4.79 Å². The molecule has 1 aliphatic carbocycles. The third-order valence-electron chi connectivity index (χ3n) is 3.71. The Kier molecular flexibility index (Phi) is 1.93. The van der Waals surface area contributed by atoms with Crippen molar-refractivity contribution < 1.29 is 4.79 Å². The summed E-state index contributed by atoms with van der Waals surface area (Å²) in [6.45, 7) is 2.07. The second-order valence-electron chi connectivity index (χ2n) is 4.79. The molecule has 16 heavy (non-hydrogen) atoms. The molecule has 82 valence electrons. The lowest BCUT2D eigenvalue weighted by Gasteiger charge is -2.51. The van der Waals surface area contributed by atoms with Crippen LogP contribution in [0, 0.1) is 5.41 Å². The molecule has 2 aliphatic rings. The van der Waals surface area contributed by atoms with Gasteiger partial charge in [-0.25, -0.2) is 0 Å². The standard InChI is InChI=1S/C14H15NO/c1-14-10-6-5-9-12(14)15(13(14)16)11-7-3-2-4-8-11/h2-4,7-9H,5-6,10H2,1H3. The van der Waals surface area contributed by atoms with Gasteiger partial charge in [-0.15, -0.1) is 0 Å². The number of carbonyl (C=O) groups excluding carboxylic acids is 1. The summed E-state index contributed by atoms with van der Waals surface area (Å²) in [6, 6.07) is 9.91. The summed E-state index contributed by atoms with van der Waals surface area (Å²) in [5.41, 5.74) is 2.00. The van der Waals surface area contributed by atoms with E-state index in [1.165, 1.54) is 5.70 Å². The van der Waals surface area contributed by atoms with Crippen molar-refractivity contribution in [1.82, 2.24) is 0 Å². The zero-order valence-corrected chi connectivity index (χ0v) is 9.44. The first-order valence-electron chi connectivity index (χ1n) is 5.84. The number of anilines is 1. The first-order chi connectivity index (χ1) is 7.73. The molecule has 0 bridgehead atoms. The first kappa shape index (κ1) is 9.64. The average molecular weight is 213 g/mol. The molecule has 0 spiro atoms. The lowest BCUT2D eigenvalue weighted by atomic mass is 9.69. The van der Waals surface area contributed by atoms with Crippen LogP contribution >= 0.6 is 0 Å². The third-order valence-corrected chi connectivity index (χ3v) is 3.71. The predicted octanol–water partition coefficient (Wildman–Crippen LogP) is 3.11. The molecule has 0 aromatic heterocycles. The zero-order chi connectivity index (χ0) is 11.2. The summed E-state index contributed by atoms with van der Waals surface area (Å²) >= 11 is 0. The summed E-state index contributed by atoms with van der Waals surface area (Å²) in [4.78, 5) is 14.1. The van der Waals surface area contributed by atoms with Crippen molar-refractivity contribution in [2.24, 2.45) is 5.41 Å². The molecule has 0 saturated carbocycles. The number of nitrogens with zero attached hydrogens (tertiary/aromatic N) is 1. The number of hydrogen-bond donors (Lipinski definition) is 0. The Labute approximate surface area is 95.6 Å². The van der Waals surface area contributed by atoms with Gasteiger partial charge in [0.25, 0.3) is 0 Å². The van der Waals surface area contributed by atoms with Gasteiger partial charge in [0.05, 0.1) is 5.41 Å². The van der Waals surface area contributed by atoms with E-state index in [2.05, 4.69) is 13.0 Å². The second-order valence-corrected chi connectivity index (χ2v) is 4.79. The molecule has 3 rings (SSSR count). The molecule has 1 saturated heterocycles. The van der Waals surface area contributed by atoms with E-state index >= 15 is 0 Å². The molecular formula is C14H15NO. The SMILES string of the molecule is CC12CCCC=C1N(c1ccccc1)C2=O. The molecule has 1 aromatic rings. The Balaban J connectivity index is 2.01. The van der Waals surface area contributed by atoms with Gasteiger partial charge in [-0.05, 0) is 38.3 Å². The summed E-state index contributed by atoms with van der Waals surface area (Å²) < 4.78 is 0. The third kappa shape index (κ3) is 1.10. The molecule has 0 radical (unpaired) electrons. The van der Waals surface area contributed by atoms with E-state index in [0.29, 0.717) is 0 Å². The minimum absolute atomic E-state index is 0.200. The highest BCUT2D eigenvalue weighted by molar-refractivity contribution is 6.10. The number of benzene rings is 1. The Morgan fingerprint density at radius 1 is 1.25 bits per heavy atom. The van der Waals surface area contributed by atoms with Crippen LogP contribution in [0.4, 0.5) is 5.69 Å². The van der Waals surface area contributed by atoms with Crippen molar-refractivity contribution >= 4 is 11.6 Å². The Bertz CT molecular complexity index is 463. The highest BCUT2D eigenvalue weighted by Crippen LogP contribution is 2.50. The highest BCUT2D eigenvalue weighted by Gasteiger charge is 2.54. The van der Waals surface area contributed by atoms with Gasteiger partial charge in [0.15, 0.2) is 0 Å². The second kappa shape index (κ2) is 3.21. The van der Waals surface area contributed by atoms with Gasteiger partial charge in [0.1, 0.15) is 0 Å². The van der Waals surface area contributed by atoms with E-state index in [1.54, 1.807) is 0 Å². The number of rotatable bonds is 1. The molecule has 1 heterocycles. The van der Waals surface area contributed by atoms with Crippen molar-refractivity contribution in [1.29, 1.82) is 0 Å². The van der Waals surface area contributed by atoms with Crippen LogP contribution in [0.2, 0.25) is 0 Å². The lowest BCUT2D eigenvalue weighted by Crippen LogP contribution is -2.58. The topological polar surface area (TPSA) is 20.3 Å². The van der Waals surface area contributed by atoms with Crippen LogP contribution in [0.5, 0.6) is 0 Å². The van der Waals surface area contributed by atoms with E-state index < -0.39 is 0 Å². The summed E-state index contributed by atoms with van der Waals surface area (Å²) in [5, 5.41) is 0. The number of carbonyl (C=O) groups is 1. The molecule has 1 atom stereocenters. The maximum Gasteiger partial charge on any atom is 0.243 e. The summed E-state index contributed by atoms with van der Waals surface area (Å²) in [6.07, 6.45) is 5.45. The van der Waals surface area contributed by atoms with Gasteiger partial charge in [-0.2, -0.15) is 0 Å². The molecule has 1 aromatic carbocycles. The Morgan fingerprint density at radius 3 is 2.75 bits per heavy atom. The molecule has 1 aliphatic heterocycles. The zero-order valence-electron chi connectivity index (χ0n) is 9.44. The van der Waals surface area contributed by atoms with E-state index in [-0.39, 0.29) is 11.3 Å². The van der Waals surface area contributed by atoms with Gasteiger partial charge in [-0.3, -0.25) is 9.69 Å². The van der Waals surface area contributed by atoms with Crippen LogP contribution in [-0.4, -0.2) is 5.91 Å². The molecule has 1 fully saturated rings. The van der Waals surface area contributed by atoms with Crippen LogP contribution in [0.25, 0.3) is 0 Å². The van der Waals surface area contributed by atoms with E-state index in [1.807, 2.05) is 35.2 Å². The van der Waals surface area contributed by atoms with Gasteiger partial charge >= 0.3 is 0 Å². The quantitative estimate of drug-likeness (QED) is 0.656. The van der Waals surface area contributed by atoms with Crippen LogP contribution < -0.4 is 4.90 Å². The molecule has 1 unspecified atom stereocenters. The normalized spacial score (nSPS) is 28.2. The molecular weight excluding hydrogens is 198 g/mol. The Hall–Kier alpha value is -1.57. The van der Waals surface area contributed by atoms with E-state index in [9.17, 15) is 4.79 Å². The van der Waals surface area contributed by atoms with Crippen LogP contribution in [0.15, 0.2) is 42.1 Å². The molecule has 1 amide bonds. The van der Waals surface area contributed by atoms with Gasteiger partial charge in [0.2, 0.25) is 5.91 Å². The minimum atomic E-state index is -0.200. The van der Waals surface area contributed by atoms with Crippen LogP contribution in [0.1, 0.15) is 26.2 Å². The maximum absolute atomic E-state index is 12.2. The molecule has 2 heteroatoms. The fourth-order valence-corrected chi connectivity index (χ4v) is 2.74. The van der Waals surface area contributed by atoms with Gasteiger partial charge < -0.3 is 0 Å². The smallest absolute Gasteiger partial charge is 0.243 e. The van der Waals surface area contributed by atoms with Gasteiger partial charge in [0, 0.05) is 11.4 Å². The van der Waals surface area contributed by atoms with Crippen LogP contribution in [0.3, 0.4) is 0 Å². The van der Waals surface area contributed by atoms with Crippen molar-refractivity contribution in [3.8, 4) is 0 Å². The Morgan fingerprint density at radius 2 is 2.00 bits per heavy atom. The number of para-hydroxylation sites is 1. The lowest BCUT2D eigenvalue weighted by molar-refractivity contribution is -0.131. The summed E-state index contributed by atoms with van der Waals surface area (Å²) in [7, 11) is 0. The number of hydrogen-bond acceptors (Lipinski definition) is 1. The largest absolute Gasteiger partial charge is 0.283 e. The number of amides is 1. The van der Waals surface area contributed by atoms with E-state index in [4.69, 9.17) is 0 Å². The molecule has 0 N–H and O–H groups in total. The highest BCUT2D eigenvalue weighted by atomic mass is 16.2.